The summed E-state index contributed by atoms with van der Waals surface area (Å²) in [6.45, 7) is 0. The number of tetrazole rings is 1. The number of carbonyl (C=O) groups excluding carboxylic acids is 1. The Hall–Kier alpha value is -2.51. The van der Waals surface area contributed by atoms with Crippen molar-refractivity contribution >= 4 is 11.6 Å². The molecule has 0 atom stereocenters. The first-order valence-electron chi connectivity index (χ1n) is 4.59. The van der Waals surface area contributed by atoms with Crippen LogP contribution in [0.15, 0.2) is 18.2 Å². The molecule has 88 valence electrons. The molecule has 0 aliphatic heterocycles. The van der Waals surface area contributed by atoms with Crippen LogP contribution < -0.4 is 10.1 Å². The van der Waals surface area contributed by atoms with Crippen LogP contribution in [0.5, 0.6) is 5.75 Å². The van der Waals surface area contributed by atoms with Crippen molar-refractivity contribution in [3.05, 3.63) is 29.8 Å². The van der Waals surface area contributed by atoms with Gasteiger partial charge >= 0.3 is 0 Å². The maximum absolute atomic E-state index is 13.1. The summed E-state index contributed by atoms with van der Waals surface area (Å²) in [5.74, 6) is -1.12. The third-order valence-electron chi connectivity index (χ3n) is 1.96. The van der Waals surface area contributed by atoms with Crippen LogP contribution in [0.3, 0.4) is 0 Å². The van der Waals surface area contributed by atoms with Crippen molar-refractivity contribution in [2.45, 2.75) is 0 Å². The van der Waals surface area contributed by atoms with E-state index in [1.165, 1.54) is 25.3 Å². The monoisotopic (exact) mass is 237 g/mol. The van der Waals surface area contributed by atoms with Gasteiger partial charge in [-0.3, -0.25) is 4.79 Å². The zero-order chi connectivity index (χ0) is 12.3. The molecule has 0 fully saturated rings. The van der Waals surface area contributed by atoms with Gasteiger partial charge in [0.1, 0.15) is 0 Å². The van der Waals surface area contributed by atoms with Crippen molar-refractivity contribution < 1.29 is 13.9 Å². The Morgan fingerprint density at radius 2 is 2.35 bits per heavy atom. The zero-order valence-corrected chi connectivity index (χ0v) is 8.77. The molecule has 1 amide bonds. The molecule has 0 radical (unpaired) electrons. The van der Waals surface area contributed by atoms with E-state index in [1.54, 1.807) is 0 Å². The average Bonchev–Trinajstić information content (AvgIpc) is 2.85. The summed E-state index contributed by atoms with van der Waals surface area (Å²) in [6.07, 6.45) is 0. The molecule has 0 saturated heterocycles. The molecule has 0 bridgehead atoms. The van der Waals surface area contributed by atoms with Gasteiger partial charge in [-0.25, -0.2) is 4.39 Å². The molecular formula is C9H8FN5O2. The Bertz CT molecular complexity index is 528. The number of aromatic amines is 1. The van der Waals surface area contributed by atoms with Gasteiger partial charge in [0.05, 0.1) is 7.11 Å². The van der Waals surface area contributed by atoms with Crippen molar-refractivity contribution in [3.63, 3.8) is 0 Å². The number of nitrogens with one attached hydrogen (secondary N) is 2. The van der Waals surface area contributed by atoms with Gasteiger partial charge in [0, 0.05) is 11.8 Å². The van der Waals surface area contributed by atoms with Gasteiger partial charge in [-0.05, 0) is 17.3 Å². The lowest BCUT2D eigenvalue weighted by Gasteiger charge is -2.05. The summed E-state index contributed by atoms with van der Waals surface area (Å²) in [5, 5.41) is 14.9. The molecule has 17 heavy (non-hydrogen) atoms. The van der Waals surface area contributed by atoms with E-state index in [2.05, 4.69) is 25.9 Å². The summed E-state index contributed by atoms with van der Waals surface area (Å²) in [4.78, 5) is 11.5. The molecule has 7 nitrogen and oxygen atoms in total. The van der Waals surface area contributed by atoms with Crippen molar-refractivity contribution in [3.8, 4) is 5.75 Å². The number of ether oxygens (including phenoxy) is 1. The second-order valence-electron chi connectivity index (χ2n) is 3.04. The molecule has 0 saturated carbocycles. The van der Waals surface area contributed by atoms with E-state index in [-0.39, 0.29) is 11.6 Å². The molecule has 0 spiro atoms. The number of anilines is 1. The van der Waals surface area contributed by atoms with Gasteiger partial charge in [-0.15, -0.1) is 10.2 Å². The number of hydrogen-bond acceptors (Lipinski definition) is 5. The molecule has 2 rings (SSSR count). The Balaban J connectivity index is 2.16. The number of carbonyl (C=O) groups is 1. The third-order valence-corrected chi connectivity index (χ3v) is 1.96. The predicted molar refractivity (Wildman–Crippen MR) is 55.1 cm³/mol. The third kappa shape index (κ3) is 2.36. The highest BCUT2D eigenvalue weighted by Gasteiger charge is 2.12. The molecule has 0 aliphatic carbocycles. The first kappa shape index (κ1) is 11.0. The van der Waals surface area contributed by atoms with Crippen LogP contribution >= 0.6 is 0 Å². The second-order valence-corrected chi connectivity index (χ2v) is 3.04. The standard InChI is InChI=1S/C9H8FN5O2/c1-17-7-4-5(2-3-6(7)10)11-9(16)8-12-14-15-13-8/h2-4H,1H3,(H,11,16)(H,12,13,14,15). The Morgan fingerprint density at radius 1 is 1.53 bits per heavy atom. The number of rotatable bonds is 3. The van der Waals surface area contributed by atoms with E-state index < -0.39 is 11.7 Å². The highest BCUT2D eigenvalue weighted by Crippen LogP contribution is 2.21. The van der Waals surface area contributed by atoms with E-state index in [0.717, 1.165) is 0 Å². The fraction of sp³-hybridized carbons (Fsp3) is 0.111. The van der Waals surface area contributed by atoms with Crippen LogP contribution in [0.1, 0.15) is 10.6 Å². The average molecular weight is 237 g/mol. The van der Waals surface area contributed by atoms with Gasteiger partial charge in [-0.2, -0.15) is 5.21 Å². The fourth-order valence-corrected chi connectivity index (χ4v) is 1.18. The van der Waals surface area contributed by atoms with Crippen molar-refractivity contribution in [1.29, 1.82) is 0 Å². The second kappa shape index (κ2) is 4.56. The van der Waals surface area contributed by atoms with Crippen molar-refractivity contribution in [2.24, 2.45) is 0 Å². The topological polar surface area (TPSA) is 92.8 Å². The van der Waals surface area contributed by atoms with E-state index in [1.807, 2.05) is 0 Å². The van der Waals surface area contributed by atoms with Gasteiger partial charge in [-0.1, -0.05) is 0 Å². The normalized spacial score (nSPS) is 10.0. The maximum atomic E-state index is 13.1. The Morgan fingerprint density at radius 3 is 3.00 bits per heavy atom. The molecule has 2 aromatic rings. The highest BCUT2D eigenvalue weighted by molar-refractivity contribution is 6.01. The highest BCUT2D eigenvalue weighted by atomic mass is 19.1. The quantitative estimate of drug-likeness (QED) is 0.815. The SMILES string of the molecule is COc1cc(NC(=O)c2nn[nH]n2)ccc1F. The Labute approximate surface area is 95.0 Å². The van der Waals surface area contributed by atoms with Crippen molar-refractivity contribution in [2.75, 3.05) is 12.4 Å². The molecule has 1 aromatic carbocycles. The van der Waals surface area contributed by atoms with E-state index in [9.17, 15) is 9.18 Å². The zero-order valence-electron chi connectivity index (χ0n) is 8.77. The van der Waals surface area contributed by atoms with Gasteiger partial charge in [0.15, 0.2) is 11.6 Å². The summed E-state index contributed by atoms with van der Waals surface area (Å²) >= 11 is 0. The molecule has 1 aromatic heterocycles. The molecule has 0 aliphatic rings. The van der Waals surface area contributed by atoms with Crippen molar-refractivity contribution in [1.82, 2.24) is 20.6 Å². The number of methoxy groups -OCH3 is 1. The summed E-state index contributed by atoms with van der Waals surface area (Å²) in [6, 6.07) is 3.94. The van der Waals surface area contributed by atoms with Crippen LogP contribution in [-0.2, 0) is 0 Å². The lowest BCUT2D eigenvalue weighted by atomic mass is 10.3. The van der Waals surface area contributed by atoms with Crippen LogP contribution in [0.2, 0.25) is 0 Å². The molecule has 0 unspecified atom stereocenters. The van der Waals surface area contributed by atoms with Crippen LogP contribution in [0.4, 0.5) is 10.1 Å². The minimum absolute atomic E-state index is 0.0379. The fourth-order valence-electron chi connectivity index (χ4n) is 1.18. The first-order valence-corrected chi connectivity index (χ1v) is 4.59. The van der Waals surface area contributed by atoms with Crippen LogP contribution in [0, 0.1) is 5.82 Å². The number of halogens is 1. The smallest absolute Gasteiger partial charge is 0.297 e. The molecule has 1 heterocycles. The number of aromatic nitrogens is 4. The maximum Gasteiger partial charge on any atom is 0.297 e. The Kier molecular flexibility index (Phi) is 2.95. The lowest BCUT2D eigenvalue weighted by Crippen LogP contribution is -2.14. The first-order chi connectivity index (χ1) is 8.20. The lowest BCUT2D eigenvalue weighted by molar-refractivity contribution is 0.101. The minimum atomic E-state index is -0.549. The molecule has 2 N–H and O–H groups in total. The van der Waals surface area contributed by atoms with E-state index >= 15 is 0 Å². The van der Waals surface area contributed by atoms with Gasteiger partial charge in [0.25, 0.3) is 11.7 Å². The van der Waals surface area contributed by atoms with E-state index in [4.69, 9.17) is 4.74 Å². The molecular weight excluding hydrogens is 229 g/mol. The number of benzene rings is 1. The molecule has 8 heteroatoms. The van der Waals surface area contributed by atoms with E-state index in [0.29, 0.717) is 5.69 Å². The summed E-state index contributed by atoms with van der Waals surface area (Å²) in [5.41, 5.74) is 0.373. The number of amides is 1. The van der Waals surface area contributed by atoms with Gasteiger partial charge < -0.3 is 10.1 Å². The van der Waals surface area contributed by atoms with Crippen LogP contribution in [-0.4, -0.2) is 33.6 Å². The van der Waals surface area contributed by atoms with Crippen LogP contribution in [0.25, 0.3) is 0 Å². The number of hydrogen-bond donors (Lipinski definition) is 2. The predicted octanol–water partition coefficient (Wildman–Crippen LogP) is 0.600. The van der Waals surface area contributed by atoms with Gasteiger partial charge in [0.2, 0.25) is 0 Å². The number of nitrogens with zero attached hydrogens (tertiary/aromatic N) is 3. The minimum Gasteiger partial charge on any atom is -0.494 e. The summed E-state index contributed by atoms with van der Waals surface area (Å²) in [7, 11) is 1.34. The number of H-pyrrole nitrogens is 1. The summed E-state index contributed by atoms with van der Waals surface area (Å²) < 4.78 is 17.9. The largest absolute Gasteiger partial charge is 0.494 e.